The fourth-order valence-electron chi connectivity index (χ4n) is 3.64. The smallest absolute Gasteiger partial charge is 0.241 e. The maximum atomic E-state index is 13.6. The molecule has 1 aromatic carbocycles. The molecule has 0 spiro atoms. The molecule has 1 N–H and O–H groups in total. The van der Waals surface area contributed by atoms with Crippen molar-refractivity contribution >= 4 is 38.6 Å². The number of unbranched alkanes of at least 4 members (excludes halogenated alkanes) is 1. The second-order valence-electron chi connectivity index (χ2n) is 8.36. The van der Waals surface area contributed by atoms with E-state index in [4.69, 9.17) is 9.47 Å². The highest BCUT2D eigenvalue weighted by Gasteiger charge is 2.28. The van der Waals surface area contributed by atoms with Crippen LogP contribution >= 0.6 is 22.7 Å². The summed E-state index contributed by atoms with van der Waals surface area (Å²) < 4.78 is 39.3. The lowest BCUT2D eigenvalue weighted by Gasteiger charge is -2.27. The summed E-state index contributed by atoms with van der Waals surface area (Å²) in [5.41, 5.74) is 0. The zero-order chi connectivity index (χ0) is 25.8. The lowest BCUT2D eigenvalue weighted by molar-refractivity contribution is -0.134. The van der Waals surface area contributed by atoms with E-state index in [-0.39, 0.29) is 18.3 Å². The van der Waals surface area contributed by atoms with Crippen molar-refractivity contribution in [2.75, 3.05) is 19.5 Å². The Hall–Kier alpha value is -2.40. The molecule has 3 rings (SSSR count). The number of hydrogen-bond donors (Lipinski definition) is 1. The van der Waals surface area contributed by atoms with E-state index in [9.17, 15) is 13.2 Å². The second-order valence-corrected chi connectivity index (χ2v) is 12.3. The summed E-state index contributed by atoms with van der Waals surface area (Å²) in [7, 11) is -2.08. The van der Waals surface area contributed by atoms with Crippen LogP contribution in [0, 0.1) is 0 Å². The quantitative estimate of drug-likeness (QED) is 0.245. The second kappa shape index (κ2) is 14.4. The minimum atomic E-state index is -3.67. The minimum Gasteiger partial charge on any atom is -0.497 e. The van der Waals surface area contributed by atoms with Gasteiger partial charge in [-0.3, -0.25) is 4.79 Å². The van der Waals surface area contributed by atoms with Gasteiger partial charge >= 0.3 is 0 Å². The molecule has 0 aliphatic carbocycles. The molecule has 10 heteroatoms. The van der Waals surface area contributed by atoms with Crippen LogP contribution in [0.5, 0.6) is 11.5 Å². The number of carbonyl (C=O) groups excluding carboxylic acids is 1. The van der Waals surface area contributed by atoms with Gasteiger partial charge in [-0.15, -0.1) is 22.7 Å². The molecule has 0 saturated heterocycles. The molecule has 0 fully saturated rings. The first-order chi connectivity index (χ1) is 17.4. The molecule has 0 aliphatic rings. The molecule has 0 bridgehead atoms. The number of thiophene rings is 2. The van der Waals surface area contributed by atoms with Crippen LogP contribution < -0.4 is 14.2 Å². The number of benzene rings is 1. The van der Waals surface area contributed by atoms with E-state index in [2.05, 4.69) is 4.72 Å². The average molecular weight is 551 g/mol. The third-order valence-corrected chi connectivity index (χ3v) is 8.71. The van der Waals surface area contributed by atoms with Crippen molar-refractivity contribution in [3.05, 3.63) is 69.0 Å². The van der Waals surface area contributed by atoms with Crippen LogP contribution in [0.3, 0.4) is 0 Å². The summed E-state index contributed by atoms with van der Waals surface area (Å²) in [6.07, 6.45) is 2.40. The summed E-state index contributed by atoms with van der Waals surface area (Å²) in [6.45, 7) is 3.19. The number of nitrogens with zero attached hydrogens (tertiary/aromatic N) is 1. The van der Waals surface area contributed by atoms with Crippen molar-refractivity contribution in [1.82, 2.24) is 9.62 Å². The highest BCUT2D eigenvalue weighted by atomic mass is 32.2. The number of ether oxygens (including phenoxy) is 2. The van der Waals surface area contributed by atoms with Gasteiger partial charge in [-0.05, 0) is 60.0 Å². The fraction of sp³-hybridized carbons (Fsp3) is 0.423. The van der Waals surface area contributed by atoms with Gasteiger partial charge < -0.3 is 14.4 Å². The number of rotatable bonds is 16. The largest absolute Gasteiger partial charge is 0.497 e. The maximum absolute atomic E-state index is 13.6. The van der Waals surface area contributed by atoms with E-state index in [0.29, 0.717) is 31.7 Å². The third kappa shape index (κ3) is 9.24. The zero-order valence-corrected chi connectivity index (χ0v) is 23.2. The van der Waals surface area contributed by atoms with Gasteiger partial charge in [0.05, 0.1) is 32.6 Å². The number of methoxy groups -OCH3 is 1. The van der Waals surface area contributed by atoms with E-state index in [0.717, 1.165) is 28.3 Å². The van der Waals surface area contributed by atoms with Gasteiger partial charge in [-0.2, -0.15) is 0 Å². The molecule has 0 saturated carbocycles. The molecule has 196 valence electrons. The Morgan fingerprint density at radius 1 is 0.972 bits per heavy atom. The van der Waals surface area contributed by atoms with Crippen molar-refractivity contribution in [2.24, 2.45) is 0 Å². The lowest BCUT2D eigenvalue weighted by atomic mass is 10.1. The van der Waals surface area contributed by atoms with Crippen molar-refractivity contribution in [2.45, 2.75) is 51.7 Å². The molecule has 0 radical (unpaired) electrons. The maximum Gasteiger partial charge on any atom is 0.241 e. The molecule has 36 heavy (non-hydrogen) atoms. The van der Waals surface area contributed by atoms with Crippen LogP contribution in [0.4, 0.5) is 0 Å². The van der Waals surface area contributed by atoms with Crippen molar-refractivity contribution < 1.29 is 22.7 Å². The van der Waals surface area contributed by atoms with Crippen LogP contribution in [-0.4, -0.2) is 44.7 Å². The first-order valence-electron chi connectivity index (χ1n) is 12.0. The Labute approximate surface area is 222 Å². The zero-order valence-electron chi connectivity index (χ0n) is 20.7. The number of nitrogens with one attached hydrogen (secondary N) is 1. The van der Waals surface area contributed by atoms with Gasteiger partial charge in [0.2, 0.25) is 15.9 Å². The minimum absolute atomic E-state index is 0.116. The van der Waals surface area contributed by atoms with Crippen LogP contribution in [-0.2, 0) is 27.9 Å². The predicted molar refractivity (Wildman–Crippen MR) is 146 cm³/mol. The summed E-state index contributed by atoms with van der Waals surface area (Å²) >= 11 is 3.18. The standard InChI is InChI=1S/C26H34N2O5S3/c1-3-4-10-25(26(29)28(19-23-8-5-16-34-23)20-24-9-6-17-35-24)27-36(30,31)18-7-15-33-22-13-11-21(32-2)12-14-22/h5-6,8-9,11-14,16-17,25,27H,3-4,7,10,15,18-20H2,1-2H3. The van der Waals surface area contributed by atoms with Gasteiger partial charge in [-0.1, -0.05) is 31.9 Å². The van der Waals surface area contributed by atoms with Crippen molar-refractivity contribution in [3.8, 4) is 11.5 Å². The first-order valence-corrected chi connectivity index (χ1v) is 15.4. The SMILES string of the molecule is CCCCC(NS(=O)(=O)CCCOc1ccc(OC)cc1)C(=O)N(Cc1cccs1)Cc1cccs1. The normalized spacial score (nSPS) is 12.3. The molecule has 1 atom stereocenters. The van der Waals surface area contributed by atoms with Gasteiger partial charge in [-0.25, -0.2) is 13.1 Å². The van der Waals surface area contributed by atoms with E-state index >= 15 is 0 Å². The third-order valence-electron chi connectivity index (χ3n) is 5.52. The molecule has 3 aromatic rings. The first kappa shape index (κ1) is 28.2. The van der Waals surface area contributed by atoms with Gasteiger partial charge in [0.1, 0.15) is 17.5 Å². The Kier molecular flexibility index (Phi) is 11.2. The van der Waals surface area contributed by atoms with E-state index < -0.39 is 16.1 Å². The van der Waals surface area contributed by atoms with Gasteiger partial charge in [0, 0.05) is 9.75 Å². The van der Waals surface area contributed by atoms with E-state index in [1.165, 1.54) is 0 Å². The van der Waals surface area contributed by atoms with Gasteiger partial charge in [0.15, 0.2) is 0 Å². The number of carbonyl (C=O) groups is 1. The van der Waals surface area contributed by atoms with Gasteiger partial charge in [0.25, 0.3) is 0 Å². The molecule has 7 nitrogen and oxygen atoms in total. The highest BCUT2D eigenvalue weighted by Crippen LogP contribution is 2.20. The fourth-order valence-corrected chi connectivity index (χ4v) is 6.35. The highest BCUT2D eigenvalue weighted by molar-refractivity contribution is 7.89. The Morgan fingerprint density at radius 3 is 2.11 bits per heavy atom. The number of sulfonamides is 1. The van der Waals surface area contributed by atoms with Crippen LogP contribution in [0.15, 0.2) is 59.3 Å². The Balaban J connectivity index is 1.61. The Bertz CT molecular complexity index is 1090. The average Bonchev–Trinajstić information content (AvgIpc) is 3.58. The van der Waals surface area contributed by atoms with E-state index in [1.807, 2.05) is 41.9 Å². The van der Waals surface area contributed by atoms with Crippen LogP contribution in [0.2, 0.25) is 0 Å². The van der Waals surface area contributed by atoms with Crippen molar-refractivity contribution in [1.29, 1.82) is 0 Å². The molecule has 1 unspecified atom stereocenters. The topological polar surface area (TPSA) is 84.9 Å². The number of hydrogen-bond acceptors (Lipinski definition) is 7. The molecule has 2 heterocycles. The number of amides is 1. The van der Waals surface area contributed by atoms with Crippen molar-refractivity contribution in [3.63, 3.8) is 0 Å². The Morgan fingerprint density at radius 2 is 1.58 bits per heavy atom. The summed E-state index contributed by atoms with van der Waals surface area (Å²) in [5.74, 6) is 1.07. The molecular formula is C26H34N2O5S3. The molecule has 0 aliphatic heterocycles. The molecular weight excluding hydrogens is 516 g/mol. The van der Waals surface area contributed by atoms with Crippen LogP contribution in [0.1, 0.15) is 42.4 Å². The summed E-state index contributed by atoms with van der Waals surface area (Å²) in [5, 5.41) is 3.96. The predicted octanol–water partition coefficient (Wildman–Crippen LogP) is 5.29. The lowest BCUT2D eigenvalue weighted by Crippen LogP contribution is -2.48. The summed E-state index contributed by atoms with van der Waals surface area (Å²) in [4.78, 5) is 17.5. The molecule has 2 aromatic heterocycles. The monoisotopic (exact) mass is 550 g/mol. The molecule has 1 amide bonds. The van der Waals surface area contributed by atoms with E-state index in [1.54, 1.807) is 58.9 Å². The summed E-state index contributed by atoms with van der Waals surface area (Å²) in [6, 6.07) is 14.2. The van der Waals surface area contributed by atoms with Crippen LogP contribution in [0.25, 0.3) is 0 Å².